The summed E-state index contributed by atoms with van der Waals surface area (Å²) in [7, 11) is 0. The van der Waals surface area contributed by atoms with E-state index < -0.39 is 0 Å². The van der Waals surface area contributed by atoms with Gasteiger partial charge < -0.3 is 9.64 Å². The number of anilines is 1. The molecule has 1 aromatic carbocycles. The summed E-state index contributed by atoms with van der Waals surface area (Å²) in [6.45, 7) is 16.8. The molecule has 0 atom stereocenters. The van der Waals surface area contributed by atoms with Crippen molar-refractivity contribution >= 4 is 11.7 Å². The molecule has 0 unspecified atom stereocenters. The average Bonchev–Trinajstić information content (AvgIpc) is 2.77. The third-order valence-electron chi connectivity index (χ3n) is 7.45. The summed E-state index contributed by atoms with van der Waals surface area (Å²) in [5.41, 5.74) is 3.17. The van der Waals surface area contributed by atoms with Crippen LogP contribution in [0.25, 0.3) is 0 Å². The first-order valence-electron chi connectivity index (χ1n) is 12.6. The van der Waals surface area contributed by atoms with Gasteiger partial charge in [-0.05, 0) is 67.5 Å². The maximum absolute atomic E-state index is 11.9. The Hall–Kier alpha value is -1.55. The van der Waals surface area contributed by atoms with Gasteiger partial charge in [-0.3, -0.25) is 9.69 Å². The van der Waals surface area contributed by atoms with Crippen LogP contribution in [0.2, 0.25) is 0 Å². The van der Waals surface area contributed by atoms with Gasteiger partial charge in [0.15, 0.2) is 0 Å². The van der Waals surface area contributed by atoms with Gasteiger partial charge in [0.25, 0.3) is 0 Å². The van der Waals surface area contributed by atoms with Crippen LogP contribution in [0.3, 0.4) is 0 Å². The number of piperazine rings is 1. The van der Waals surface area contributed by atoms with Gasteiger partial charge in [-0.2, -0.15) is 0 Å². The van der Waals surface area contributed by atoms with Crippen LogP contribution in [-0.4, -0.2) is 43.6 Å². The van der Waals surface area contributed by atoms with Crippen molar-refractivity contribution < 1.29 is 9.53 Å². The molecule has 0 bridgehead atoms. The largest absolute Gasteiger partial charge is 0.426 e. The molecule has 0 amide bonds. The minimum Gasteiger partial charge on any atom is -0.426 e. The number of hydrogen-bond donors (Lipinski definition) is 0. The monoisotopic (exact) mass is 428 g/mol. The molecule has 0 radical (unpaired) electrons. The van der Waals surface area contributed by atoms with Crippen LogP contribution in [0.5, 0.6) is 5.75 Å². The normalized spacial score (nSPS) is 23.1. The quantitative estimate of drug-likeness (QED) is 0.380. The van der Waals surface area contributed by atoms with Crippen LogP contribution in [-0.2, 0) is 4.79 Å². The Morgan fingerprint density at radius 1 is 1.03 bits per heavy atom. The summed E-state index contributed by atoms with van der Waals surface area (Å²) in [5.74, 6) is 1.97. The Bertz CT molecular complexity index is 708. The Kier molecular flexibility index (Phi) is 8.43. The molecule has 1 aromatic rings. The molecule has 31 heavy (non-hydrogen) atoms. The molecule has 0 spiro atoms. The predicted octanol–water partition coefficient (Wildman–Crippen LogP) is 6.24. The van der Waals surface area contributed by atoms with E-state index in [4.69, 9.17) is 4.74 Å². The topological polar surface area (TPSA) is 32.8 Å². The summed E-state index contributed by atoms with van der Waals surface area (Å²) >= 11 is 0. The number of benzene rings is 1. The van der Waals surface area contributed by atoms with Crippen molar-refractivity contribution in [3.8, 4) is 5.75 Å². The molecular formula is C27H44N2O2. The fourth-order valence-corrected chi connectivity index (χ4v) is 5.27. The molecule has 1 saturated heterocycles. The van der Waals surface area contributed by atoms with Crippen molar-refractivity contribution in [1.82, 2.24) is 4.90 Å². The van der Waals surface area contributed by atoms with Crippen LogP contribution in [0.15, 0.2) is 18.2 Å². The predicted molar refractivity (Wildman–Crippen MR) is 130 cm³/mol. The number of ether oxygens (including phenoxy) is 1. The van der Waals surface area contributed by atoms with Crippen molar-refractivity contribution in [3.63, 3.8) is 0 Å². The highest BCUT2D eigenvalue weighted by Gasteiger charge is 2.32. The fourth-order valence-electron chi connectivity index (χ4n) is 5.27. The number of nitrogens with zero attached hydrogens (tertiary/aromatic N) is 2. The van der Waals surface area contributed by atoms with Crippen LogP contribution in [0, 0.1) is 11.3 Å². The second-order valence-corrected chi connectivity index (χ2v) is 10.6. The maximum atomic E-state index is 11.9. The van der Waals surface area contributed by atoms with E-state index in [1.54, 1.807) is 0 Å². The highest BCUT2D eigenvalue weighted by Crippen LogP contribution is 2.45. The summed E-state index contributed by atoms with van der Waals surface area (Å²) in [4.78, 5) is 17.0. The van der Waals surface area contributed by atoms with Crippen LogP contribution >= 0.6 is 0 Å². The highest BCUT2D eigenvalue weighted by atomic mass is 16.5. The lowest BCUT2D eigenvalue weighted by atomic mass is 9.68. The molecule has 2 fully saturated rings. The fraction of sp³-hybridized carbons (Fsp3) is 0.741. The molecule has 1 aliphatic heterocycles. The smallest absolute Gasteiger partial charge is 0.310 e. The van der Waals surface area contributed by atoms with Gasteiger partial charge in [0.1, 0.15) is 5.75 Å². The van der Waals surface area contributed by atoms with Gasteiger partial charge in [-0.25, -0.2) is 0 Å². The van der Waals surface area contributed by atoms with E-state index in [-0.39, 0.29) is 5.97 Å². The standard InChI is InChI=1S/C27H44N2O2/c1-6-8-15-28-16-18-29(19-17-28)25-20-23(31-26(30)7-2)13-14-24(25)21-9-11-22(12-10-21)27(3,4)5/h13-14,20-22H,6-12,15-19H2,1-5H3. The van der Waals surface area contributed by atoms with Crippen molar-refractivity contribution in [1.29, 1.82) is 0 Å². The summed E-state index contributed by atoms with van der Waals surface area (Å²) in [6, 6.07) is 6.40. The first-order valence-corrected chi connectivity index (χ1v) is 12.6. The van der Waals surface area contributed by atoms with E-state index in [1.807, 2.05) is 13.0 Å². The minimum atomic E-state index is -0.159. The zero-order chi connectivity index (χ0) is 22.4. The van der Waals surface area contributed by atoms with Gasteiger partial charge in [-0.1, -0.05) is 47.1 Å². The second-order valence-electron chi connectivity index (χ2n) is 10.6. The minimum absolute atomic E-state index is 0.159. The molecule has 3 rings (SSSR count). The lowest BCUT2D eigenvalue weighted by Gasteiger charge is -2.40. The number of unbranched alkanes of at least 4 members (excludes halogenated alkanes) is 1. The summed E-state index contributed by atoms with van der Waals surface area (Å²) in [6.07, 6.45) is 8.09. The number of carbonyl (C=O) groups is 1. The van der Waals surface area contributed by atoms with Gasteiger partial charge in [0, 0.05) is 44.4 Å². The molecule has 0 aromatic heterocycles. The Morgan fingerprint density at radius 3 is 2.29 bits per heavy atom. The molecule has 2 aliphatic rings. The van der Waals surface area contributed by atoms with E-state index >= 15 is 0 Å². The molecule has 4 heteroatoms. The average molecular weight is 429 g/mol. The second kappa shape index (κ2) is 10.8. The molecule has 0 N–H and O–H groups in total. The first-order chi connectivity index (χ1) is 14.8. The van der Waals surface area contributed by atoms with Gasteiger partial charge in [-0.15, -0.1) is 0 Å². The molecule has 1 heterocycles. The first kappa shape index (κ1) is 24.1. The molecular weight excluding hydrogens is 384 g/mol. The van der Waals surface area contributed by atoms with E-state index in [9.17, 15) is 4.79 Å². The molecule has 174 valence electrons. The molecule has 1 aliphatic carbocycles. The maximum Gasteiger partial charge on any atom is 0.310 e. The Morgan fingerprint density at radius 2 is 1.71 bits per heavy atom. The summed E-state index contributed by atoms with van der Waals surface area (Å²) < 4.78 is 5.60. The van der Waals surface area contributed by atoms with Crippen molar-refractivity contribution in [3.05, 3.63) is 23.8 Å². The number of esters is 1. The van der Waals surface area contributed by atoms with E-state index in [0.29, 0.717) is 23.5 Å². The SMILES string of the molecule is CCCCN1CCN(c2cc(OC(=O)CC)ccc2C2CCC(C(C)(C)C)CC2)CC1. The van der Waals surface area contributed by atoms with Crippen molar-refractivity contribution in [2.75, 3.05) is 37.6 Å². The van der Waals surface area contributed by atoms with E-state index in [2.05, 4.69) is 49.6 Å². The zero-order valence-corrected chi connectivity index (χ0v) is 20.6. The van der Waals surface area contributed by atoms with Gasteiger partial charge >= 0.3 is 5.97 Å². The van der Waals surface area contributed by atoms with Crippen LogP contribution in [0.4, 0.5) is 5.69 Å². The Labute approximate surface area is 190 Å². The van der Waals surface area contributed by atoms with Crippen LogP contribution < -0.4 is 9.64 Å². The summed E-state index contributed by atoms with van der Waals surface area (Å²) in [5, 5.41) is 0. The van der Waals surface area contributed by atoms with E-state index in [1.165, 1.54) is 56.3 Å². The van der Waals surface area contributed by atoms with Crippen molar-refractivity contribution in [2.24, 2.45) is 11.3 Å². The zero-order valence-electron chi connectivity index (χ0n) is 20.6. The third kappa shape index (κ3) is 6.47. The number of carbonyl (C=O) groups excluding carboxylic acids is 1. The number of rotatable bonds is 7. The number of hydrogen-bond acceptors (Lipinski definition) is 4. The van der Waals surface area contributed by atoms with Gasteiger partial charge in [0.05, 0.1) is 0 Å². The van der Waals surface area contributed by atoms with E-state index in [0.717, 1.165) is 32.1 Å². The molecule has 4 nitrogen and oxygen atoms in total. The lowest BCUT2D eigenvalue weighted by molar-refractivity contribution is -0.134. The third-order valence-corrected chi connectivity index (χ3v) is 7.45. The Balaban J connectivity index is 1.77. The lowest BCUT2D eigenvalue weighted by Crippen LogP contribution is -2.47. The van der Waals surface area contributed by atoms with Crippen molar-refractivity contribution in [2.45, 2.75) is 85.5 Å². The van der Waals surface area contributed by atoms with Gasteiger partial charge in [0.2, 0.25) is 0 Å². The van der Waals surface area contributed by atoms with Crippen LogP contribution in [0.1, 0.15) is 91.0 Å². The highest BCUT2D eigenvalue weighted by molar-refractivity contribution is 5.73. The molecule has 1 saturated carbocycles.